The summed E-state index contributed by atoms with van der Waals surface area (Å²) in [6.45, 7) is 7.08. The Morgan fingerprint density at radius 1 is 1.33 bits per heavy atom. The second kappa shape index (κ2) is 5.32. The van der Waals surface area contributed by atoms with Crippen molar-refractivity contribution in [2.24, 2.45) is 0 Å². The first kappa shape index (κ1) is 15.7. The van der Waals surface area contributed by atoms with Gasteiger partial charge in [-0.3, -0.25) is 4.79 Å². The van der Waals surface area contributed by atoms with Gasteiger partial charge in [-0.05, 0) is 55.8 Å². The maximum Gasteiger partial charge on any atom is 0.250 e. The summed E-state index contributed by atoms with van der Waals surface area (Å²) in [7, 11) is -3.20. The Balaban J connectivity index is 2.96. The molecule has 0 amide bonds. The highest BCUT2D eigenvalue weighted by atomic mass is 127. The Bertz CT molecular complexity index is 597. The van der Waals surface area contributed by atoms with Crippen LogP contribution in [0, 0.1) is 10.5 Å². The molecule has 1 aromatic rings. The second-order valence-corrected chi connectivity index (χ2v) is 9.29. The average molecular weight is 383 g/mol. The minimum atomic E-state index is -3.20. The maximum absolute atomic E-state index is 12.0. The van der Waals surface area contributed by atoms with Crippen molar-refractivity contribution >= 4 is 32.4 Å². The highest BCUT2D eigenvalue weighted by Gasteiger charge is 2.28. The van der Waals surface area contributed by atoms with Crippen molar-refractivity contribution in [3.05, 3.63) is 31.8 Å². The lowest BCUT2D eigenvalue weighted by Gasteiger charge is -2.19. The van der Waals surface area contributed by atoms with Gasteiger partial charge in [0.25, 0.3) is 5.56 Å². The van der Waals surface area contributed by atoms with E-state index in [-0.39, 0.29) is 17.9 Å². The van der Waals surface area contributed by atoms with Gasteiger partial charge in [0.1, 0.15) is 0 Å². The van der Waals surface area contributed by atoms with Crippen LogP contribution in [0.25, 0.3) is 0 Å². The Hall–Kier alpha value is -0.370. The largest absolute Gasteiger partial charge is 0.313 e. The lowest BCUT2D eigenvalue weighted by molar-refractivity contribution is 0.552. The summed E-state index contributed by atoms with van der Waals surface area (Å²) < 4.78 is 25.6. The van der Waals surface area contributed by atoms with E-state index in [1.54, 1.807) is 27.0 Å². The first-order valence-corrected chi connectivity index (χ1v) is 8.36. The van der Waals surface area contributed by atoms with Crippen molar-refractivity contribution < 1.29 is 8.42 Å². The number of rotatable bonds is 3. The SMILES string of the molecule is Cc1cc(=O)n(CCS(=O)(=O)C(C)(C)C)cc1I. The quantitative estimate of drug-likeness (QED) is 0.751. The number of aryl methyl sites for hydroxylation is 2. The van der Waals surface area contributed by atoms with Crippen molar-refractivity contribution in [3.63, 3.8) is 0 Å². The molecule has 0 bridgehead atoms. The maximum atomic E-state index is 12.0. The van der Waals surface area contributed by atoms with Gasteiger partial charge >= 0.3 is 0 Å². The molecular formula is C12H18INO3S. The monoisotopic (exact) mass is 383 g/mol. The van der Waals surface area contributed by atoms with Gasteiger partial charge in [0.15, 0.2) is 9.84 Å². The van der Waals surface area contributed by atoms with Crippen molar-refractivity contribution in [2.75, 3.05) is 5.75 Å². The summed E-state index contributed by atoms with van der Waals surface area (Å²) in [6, 6.07) is 1.53. The van der Waals surface area contributed by atoms with E-state index >= 15 is 0 Å². The van der Waals surface area contributed by atoms with Gasteiger partial charge in [0.2, 0.25) is 0 Å². The molecule has 102 valence electrons. The molecular weight excluding hydrogens is 365 g/mol. The molecule has 0 unspecified atom stereocenters. The second-order valence-electron chi connectivity index (χ2n) is 5.27. The first-order valence-electron chi connectivity index (χ1n) is 5.63. The molecule has 0 spiro atoms. The van der Waals surface area contributed by atoms with Gasteiger partial charge in [-0.15, -0.1) is 0 Å². The Labute approximate surface area is 121 Å². The average Bonchev–Trinajstić information content (AvgIpc) is 2.20. The van der Waals surface area contributed by atoms with E-state index in [0.717, 1.165) is 9.13 Å². The van der Waals surface area contributed by atoms with Gasteiger partial charge < -0.3 is 4.57 Å². The van der Waals surface area contributed by atoms with Crippen LogP contribution >= 0.6 is 22.6 Å². The topological polar surface area (TPSA) is 56.1 Å². The summed E-state index contributed by atoms with van der Waals surface area (Å²) in [6.07, 6.45) is 1.70. The summed E-state index contributed by atoms with van der Waals surface area (Å²) in [4.78, 5) is 11.7. The highest BCUT2D eigenvalue weighted by Crippen LogP contribution is 2.16. The number of halogens is 1. The molecule has 0 N–H and O–H groups in total. The number of pyridine rings is 1. The lowest BCUT2D eigenvalue weighted by Crippen LogP contribution is -2.33. The van der Waals surface area contributed by atoms with Crippen LogP contribution in [0.1, 0.15) is 26.3 Å². The zero-order valence-corrected chi connectivity index (χ0v) is 14.0. The molecule has 0 aliphatic carbocycles. The van der Waals surface area contributed by atoms with E-state index in [1.807, 2.05) is 6.92 Å². The van der Waals surface area contributed by atoms with Crippen molar-refractivity contribution in [1.29, 1.82) is 0 Å². The molecule has 0 fully saturated rings. The number of nitrogens with zero attached hydrogens (tertiary/aromatic N) is 1. The summed E-state index contributed by atoms with van der Waals surface area (Å²) in [5.41, 5.74) is 0.757. The van der Waals surface area contributed by atoms with Gasteiger partial charge in [-0.2, -0.15) is 0 Å². The molecule has 18 heavy (non-hydrogen) atoms. The Morgan fingerprint density at radius 3 is 2.39 bits per heavy atom. The third kappa shape index (κ3) is 3.57. The first-order chi connectivity index (χ1) is 8.04. The van der Waals surface area contributed by atoms with Crippen LogP contribution in [-0.4, -0.2) is 23.5 Å². The molecule has 0 aliphatic heterocycles. The Kier molecular flexibility index (Phi) is 4.64. The van der Waals surface area contributed by atoms with Crippen LogP contribution in [0.5, 0.6) is 0 Å². The molecule has 0 atom stereocenters. The van der Waals surface area contributed by atoms with Gasteiger partial charge in [0.05, 0.1) is 10.5 Å². The van der Waals surface area contributed by atoms with E-state index in [2.05, 4.69) is 22.6 Å². The minimum Gasteiger partial charge on any atom is -0.313 e. The molecule has 0 saturated heterocycles. The third-order valence-corrected chi connectivity index (χ3v) is 6.52. The predicted molar refractivity (Wildman–Crippen MR) is 81.7 cm³/mol. The number of hydrogen-bond acceptors (Lipinski definition) is 3. The van der Waals surface area contributed by atoms with Crippen LogP contribution in [0.15, 0.2) is 17.1 Å². The molecule has 1 aromatic heterocycles. The minimum absolute atomic E-state index is 0.0183. The summed E-state index contributed by atoms with van der Waals surface area (Å²) in [5, 5.41) is 0. The van der Waals surface area contributed by atoms with Crippen LogP contribution in [0.4, 0.5) is 0 Å². The van der Waals surface area contributed by atoms with E-state index in [4.69, 9.17) is 0 Å². The number of sulfone groups is 1. The lowest BCUT2D eigenvalue weighted by atomic mass is 10.3. The number of aromatic nitrogens is 1. The van der Waals surface area contributed by atoms with Crippen LogP contribution in [-0.2, 0) is 16.4 Å². The molecule has 0 aliphatic rings. The van der Waals surface area contributed by atoms with Crippen molar-refractivity contribution in [1.82, 2.24) is 4.57 Å². The van der Waals surface area contributed by atoms with Crippen LogP contribution in [0.2, 0.25) is 0 Å². The van der Waals surface area contributed by atoms with E-state index < -0.39 is 14.6 Å². The zero-order valence-electron chi connectivity index (χ0n) is 11.0. The third-order valence-electron chi connectivity index (χ3n) is 2.80. The van der Waals surface area contributed by atoms with Crippen LogP contribution < -0.4 is 5.56 Å². The molecule has 0 radical (unpaired) electrons. The zero-order chi connectivity index (χ0) is 14.1. The smallest absolute Gasteiger partial charge is 0.250 e. The molecule has 1 rings (SSSR count). The fourth-order valence-corrected chi connectivity index (χ4v) is 2.88. The standard InChI is InChI=1S/C12H18INO3S/c1-9-7-11(15)14(8-10(9)13)5-6-18(16,17)12(2,3)4/h7-8H,5-6H2,1-4H3. The fourth-order valence-electron chi connectivity index (χ4n) is 1.34. The Morgan fingerprint density at radius 2 is 1.89 bits per heavy atom. The highest BCUT2D eigenvalue weighted by molar-refractivity contribution is 14.1. The van der Waals surface area contributed by atoms with E-state index in [0.29, 0.717) is 0 Å². The predicted octanol–water partition coefficient (Wildman–Crippen LogP) is 1.97. The van der Waals surface area contributed by atoms with Gasteiger partial charge in [0, 0.05) is 22.4 Å². The molecule has 6 heteroatoms. The normalized spacial score (nSPS) is 12.7. The summed E-state index contributed by atoms with van der Waals surface area (Å²) >= 11 is 2.13. The molecule has 4 nitrogen and oxygen atoms in total. The molecule has 0 aromatic carbocycles. The molecule has 1 heterocycles. The number of hydrogen-bond donors (Lipinski definition) is 0. The van der Waals surface area contributed by atoms with E-state index in [1.165, 1.54) is 10.6 Å². The molecule has 0 saturated carbocycles. The summed E-state index contributed by atoms with van der Waals surface area (Å²) in [5.74, 6) is -0.0183. The van der Waals surface area contributed by atoms with Crippen molar-refractivity contribution in [3.8, 4) is 0 Å². The van der Waals surface area contributed by atoms with Crippen LogP contribution in [0.3, 0.4) is 0 Å². The fraction of sp³-hybridized carbons (Fsp3) is 0.583. The van der Waals surface area contributed by atoms with E-state index in [9.17, 15) is 13.2 Å². The van der Waals surface area contributed by atoms with Crippen molar-refractivity contribution in [2.45, 2.75) is 39.0 Å². The van der Waals surface area contributed by atoms with Gasteiger partial charge in [-0.1, -0.05) is 0 Å². The van der Waals surface area contributed by atoms with Gasteiger partial charge in [-0.25, -0.2) is 8.42 Å².